The molecule has 5 rings (SSSR count). The summed E-state index contributed by atoms with van der Waals surface area (Å²) in [5.41, 5.74) is -0.650. The number of carbonyl (C=O) groups is 1. The van der Waals surface area contributed by atoms with E-state index in [-0.39, 0.29) is 22.4 Å². The first-order valence-electron chi connectivity index (χ1n) is 9.37. The molecule has 0 aromatic heterocycles. The van der Waals surface area contributed by atoms with Crippen LogP contribution in [0.3, 0.4) is 0 Å². The van der Waals surface area contributed by atoms with Crippen molar-refractivity contribution in [2.75, 3.05) is 0 Å². The van der Waals surface area contributed by atoms with E-state index in [9.17, 15) is 4.79 Å². The van der Waals surface area contributed by atoms with Crippen molar-refractivity contribution in [2.24, 2.45) is 28.6 Å². The molecule has 0 aromatic carbocycles. The van der Waals surface area contributed by atoms with Crippen molar-refractivity contribution in [1.29, 1.82) is 0 Å². The third kappa shape index (κ3) is 1.36. The van der Waals surface area contributed by atoms with E-state index in [1.165, 1.54) is 19.3 Å². The second kappa shape index (κ2) is 4.09. The minimum absolute atomic E-state index is 0.00302. The fraction of sp³-hybridized carbons (Fsp3) is 0.947. The van der Waals surface area contributed by atoms with Gasteiger partial charge in [-0.3, -0.25) is 4.79 Å². The summed E-state index contributed by atoms with van der Waals surface area (Å²) in [6, 6.07) is 0. The van der Waals surface area contributed by atoms with Crippen molar-refractivity contribution >= 4 is 17.6 Å². The zero-order chi connectivity index (χ0) is 16.3. The Morgan fingerprint density at radius 1 is 1.17 bits per heavy atom. The van der Waals surface area contributed by atoms with Gasteiger partial charge in [-0.1, -0.05) is 13.3 Å². The van der Waals surface area contributed by atoms with E-state index in [0.717, 1.165) is 25.7 Å². The summed E-state index contributed by atoms with van der Waals surface area (Å²) in [4.78, 5) is 13.1. The lowest BCUT2D eigenvalue weighted by Gasteiger charge is -2.69. The summed E-state index contributed by atoms with van der Waals surface area (Å²) >= 11 is 6.85. The molecular formula is C19H27ClO3. The van der Waals surface area contributed by atoms with Gasteiger partial charge in [-0.2, -0.15) is 0 Å². The summed E-state index contributed by atoms with van der Waals surface area (Å²) < 4.78 is 12.6. The lowest BCUT2D eigenvalue weighted by Crippen LogP contribution is -2.78. The van der Waals surface area contributed by atoms with E-state index < -0.39 is 11.2 Å². The Balaban J connectivity index is 1.77. The second-order valence-electron chi connectivity index (χ2n) is 9.35. The molecule has 0 aromatic rings. The molecule has 1 heterocycles. The Kier molecular flexibility index (Phi) is 2.67. The molecule has 4 saturated carbocycles. The average Bonchev–Trinajstić information content (AvgIpc) is 2.92. The summed E-state index contributed by atoms with van der Waals surface area (Å²) in [5.74, 6) is 0.654. The van der Waals surface area contributed by atoms with Crippen LogP contribution in [0.2, 0.25) is 0 Å². The number of carbonyl (C=O) groups excluding carboxylic acids is 1. The lowest BCUT2D eigenvalue weighted by atomic mass is 9.43. The number of rotatable bonds is 0. The molecule has 0 radical (unpaired) electrons. The van der Waals surface area contributed by atoms with E-state index in [0.29, 0.717) is 17.8 Å². The van der Waals surface area contributed by atoms with Gasteiger partial charge in [-0.15, -0.1) is 11.6 Å². The van der Waals surface area contributed by atoms with Gasteiger partial charge in [0, 0.05) is 30.6 Å². The maximum absolute atomic E-state index is 13.1. The number of alkyl halides is 1. The zero-order valence-corrected chi connectivity index (χ0v) is 15.1. The van der Waals surface area contributed by atoms with Gasteiger partial charge < -0.3 is 9.47 Å². The Labute approximate surface area is 143 Å². The van der Waals surface area contributed by atoms with Crippen LogP contribution in [0.1, 0.15) is 65.7 Å². The normalized spacial score (nSPS) is 59.2. The maximum atomic E-state index is 13.1. The molecule has 7 atom stereocenters. The van der Waals surface area contributed by atoms with Gasteiger partial charge in [-0.25, -0.2) is 0 Å². The van der Waals surface area contributed by atoms with E-state index in [4.69, 9.17) is 21.1 Å². The number of hydrogen-bond donors (Lipinski definition) is 0. The highest BCUT2D eigenvalue weighted by Gasteiger charge is 2.88. The summed E-state index contributed by atoms with van der Waals surface area (Å²) in [6.07, 6.45) is 7.77. The number of esters is 1. The number of ether oxygens (including phenoxy) is 2. The van der Waals surface area contributed by atoms with Crippen molar-refractivity contribution in [3.63, 3.8) is 0 Å². The second-order valence-corrected chi connectivity index (χ2v) is 9.91. The molecular weight excluding hydrogens is 312 g/mol. The van der Waals surface area contributed by atoms with Crippen LogP contribution in [0.15, 0.2) is 0 Å². The van der Waals surface area contributed by atoms with Crippen LogP contribution in [0.25, 0.3) is 0 Å². The first-order chi connectivity index (χ1) is 10.8. The molecule has 128 valence electrons. The van der Waals surface area contributed by atoms with Gasteiger partial charge in [0.05, 0.1) is 11.0 Å². The van der Waals surface area contributed by atoms with Crippen LogP contribution < -0.4 is 0 Å². The quantitative estimate of drug-likeness (QED) is 0.489. The highest BCUT2D eigenvalue weighted by molar-refractivity contribution is 6.21. The number of hydrogen-bond acceptors (Lipinski definition) is 3. The fourth-order valence-corrected chi connectivity index (χ4v) is 8.19. The molecule has 2 spiro atoms. The number of cyclic esters (lactones) is 1. The van der Waals surface area contributed by atoms with Crippen molar-refractivity contribution in [3.05, 3.63) is 0 Å². The Hall–Kier alpha value is -0.280. The molecule has 5 aliphatic rings. The first-order valence-corrected chi connectivity index (χ1v) is 9.80. The van der Waals surface area contributed by atoms with Gasteiger partial charge >= 0.3 is 5.97 Å². The third-order valence-corrected chi connectivity index (χ3v) is 8.81. The van der Waals surface area contributed by atoms with Gasteiger partial charge in [0.25, 0.3) is 0 Å². The summed E-state index contributed by atoms with van der Waals surface area (Å²) in [5, 5.41) is 0.131. The molecule has 0 bridgehead atoms. The first kappa shape index (κ1) is 15.0. The van der Waals surface area contributed by atoms with Crippen molar-refractivity contribution in [1.82, 2.24) is 0 Å². The Morgan fingerprint density at radius 3 is 2.74 bits per heavy atom. The molecule has 4 aliphatic carbocycles. The molecule has 1 aliphatic heterocycles. The highest BCUT2D eigenvalue weighted by atomic mass is 35.5. The standard InChI is InChI=1S/C19H27ClO3/c1-11-6-7-14(20)13-10-17-9-12-5-4-8-18(11,12)19(13,17)23-16(2,3)22-15(17)21/h11-14H,4-10H2,1-3H3/t11-,12+,13+,14-,17-,18-,19-/m1/s1. The predicted octanol–water partition coefficient (Wildman–Crippen LogP) is 4.27. The monoisotopic (exact) mass is 338 g/mol. The highest BCUT2D eigenvalue weighted by Crippen LogP contribution is 2.83. The topological polar surface area (TPSA) is 35.5 Å². The lowest BCUT2D eigenvalue weighted by molar-refractivity contribution is -0.394. The van der Waals surface area contributed by atoms with Crippen LogP contribution in [0.4, 0.5) is 0 Å². The molecule has 5 fully saturated rings. The van der Waals surface area contributed by atoms with Gasteiger partial charge in [0.15, 0.2) is 0 Å². The smallest absolute Gasteiger partial charge is 0.317 e. The van der Waals surface area contributed by atoms with Crippen LogP contribution in [0.5, 0.6) is 0 Å². The largest absolute Gasteiger partial charge is 0.433 e. The Morgan fingerprint density at radius 2 is 1.96 bits per heavy atom. The predicted molar refractivity (Wildman–Crippen MR) is 87.0 cm³/mol. The van der Waals surface area contributed by atoms with Crippen LogP contribution in [-0.4, -0.2) is 22.7 Å². The van der Waals surface area contributed by atoms with E-state index >= 15 is 0 Å². The molecule has 0 N–H and O–H groups in total. The van der Waals surface area contributed by atoms with Crippen LogP contribution in [-0.2, 0) is 14.3 Å². The maximum Gasteiger partial charge on any atom is 0.317 e. The van der Waals surface area contributed by atoms with Gasteiger partial charge in [0.2, 0.25) is 5.79 Å². The van der Waals surface area contributed by atoms with Gasteiger partial charge in [-0.05, 0) is 50.4 Å². The molecule has 4 heteroatoms. The van der Waals surface area contributed by atoms with Crippen molar-refractivity contribution < 1.29 is 14.3 Å². The third-order valence-electron chi connectivity index (χ3n) is 8.29. The van der Waals surface area contributed by atoms with Crippen LogP contribution >= 0.6 is 11.6 Å². The van der Waals surface area contributed by atoms with Crippen molar-refractivity contribution in [2.45, 2.75) is 82.5 Å². The van der Waals surface area contributed by atoms with Crippen LogP contribution in [0, 0.1) is 28.6 Å². The minimum atomic E-state index is -0.829. The SMILES string of the molecule is C[C@@H]1CC[C@@H](Cl)[C@@H]2C[C@@]34C[C@@H]5CCC[C@]51[C@@]23OC(C)(C)OC4=O. The minimum Gasteiger partial charge on any atom is -0.433 e. The van der Waals surface area contributed by atoms with Gasteiger partial charge in [0.1, 0.15) is 0 Å². The zero-order valence-electron chi connectivity index (χ0n) is 14.4. The molecule has 0 unspecified atom stereocenters. The fourth-order valence-electron chi connectivity index (χ4n) is 7.80. The molecule has 1 saturated heterocycles. The van der Waals surface area contributed by atoms with E-state index in [2.05, 4.69) is 6.92 Å². The molecule has 0 amide bonds. The Bertz CT molecular complexity index is 589. The molecule has 23 heavy (non-hydrogen) atoms. The molecule has 3 nitrogen and oxygen atoms in total. The van der Waals surface area contributed by atoms with E-state index in [1.54, 1.807) is 0 Å². The number of halogens is 1. The summed E-state index contributed by atoms with van der Waals surface area (Å²) in [7, 11) is 0. The van der Waals surface area contributed by atoms with Crippen molar-refractivity contribution in [3.8, 4) is 0 Å². The average molecular weight is 339 g/mol. The summed E-state index contributed by atoms with van der Waals surface area (Å²) in [6.45, 7) is 6.20. The van der Waals surface area contributed by atoms with E-state index in [1.807, 2.05) is 13.8 Å².